The molecule has 3 rings (SSSR count). The van der Waals surface area contributed by atoms with Crippen molar-refractivity contribution < 1.29 is 9.53 Å². The van der Waals surface area contributed by atoms with Gasteiger partial charge < -0.3 is 4.74 Å². The maximum absolute atomic E-state index is 11.9. The lowest BCUT2D eigenvalue weighted by Gasteiger charge is -2.38. The highest BCUT2D eigenvalue weighted by atomic mass is 16.5. The van der Waals surface area contributed by atoms with Crippen molar-refractivity contribution in [1.82, 2.24) is 0 Å². The lowest BCUT2D eigenvalue weighted by molar-refractivity contribution is -0.137. The average molecular weight is 216 g/mol. The topological polar surface area (TPSA) is 26.3 Å². The molecule has 2 aliphatic rings. The molecule has 16 heavy (non-hydrogen) atoms. The van der Waals surface area contributed by atoms with Crippen molar-refractivity contribution in [2.75, 3.05) is 7.11 Å². The minimum Gasteiger partial charge on any atom is -0.497 e. The van der Waals surface area contributed by atoms with Crippen molar-refractivity contribution >= 4 is 5.78 Å². The van der Waals surface area contributed by atoms with Crippen LogP contribution in [0.4, 0.5) is 0 Å². The number of benzene rings is 1. The number of fused-ring (bicyclic) bond motifs is 3. The van der Waals surface area contributed by atoms with Gasteiger partial charge in [0, 0.05) is 17.8 Å². The van der Waals surface area contributed by atoms with Gasteiger partial charge in [0.15, 0.2) is 0 Å². The summed E-state index contributed by atoms with van der Waals surface area (Å²) in [4.78, 5) is 11.9. The van der Waals surface area contributed by atoms with E-state index in [1.54, 1.807) is 7.11 Å². The molecule has 0 radical (unpaired) electrons. The van der Waals surface area contributed by atoms with Crippen molar-refractivity contribution in [3.63, 3.8) is 0 Å². The zero-order chi connectivity index (χ0) is 11.3. The van der Waals surface area contributed by atoms with Crippen molar-refractivity contribution in [2.45, 2.75) is 25.7 Å². The Kier molecular flexibility index (Phi) is 2.06. The third kappa shape index (κ3) is 1.10. The van der Waals surface area contributed by atoms with E-state index < -0.39 is 0 Å². The van der Waals surface area contributed by atoms with Crippen molar-refractivity contribution in [2.24, 2.45) is 11.8 Å². The number of methoxy groups -OCH3 is 1. The minimum absolute atomic E-state index is 0.262. The van der Waals surface area contributed by atoms with E-state index in [1.807, 2.05) is 6.07 Å². The van der Waals surface area contributed by atoms with Gasteiger partial charge in [-0.25, -0.2) is 0 Å². The van der Waals surface area contributed by atoms with Gasteiger partial charge in [-0.1, -0.05) is 13.0 Å². The third-order valence-corrected chi connectivity index (χ3v) is 4.19. The van der Waals surface area contributed by atoms with E-state index in [2.05, 4.69) is 19.1 Å². The molecule has 3 atom stereocenters. The van der Waals surface area contributed by atoms with Crippen molar-refractivity contribution in [1.29, 1.82) is 0 Å². The summed E-state index contributed by atoms with van der Waals surface area (Å²) in [6, 6.07) is 6.23. The van der Waals surface area contributed by atoms with Crippen LogP contribution in [0.3, 0.4) is 0 Å². The number of carbonyl (C=O) groups excluding carboxylic acids is 1. The summed E-state index contributed by atoms with van der Waals surface area (Å²) in [6.45, 7) is 2.11. The molecule has 0 heterocycles. The first-order chi connectivity index (χ1) is 7.76. The molecule has 0 aliphatic heterocycles. The molecule has 1 aromatic carbocycles. The number of rotatable bonds is 2. The summed E-state index contributed by atoms with van der Waals surface area (Å²) in [5.41, 5.74) is 2.70. The zero-order valence-corrected chi connectivity index (χ0v) is 9.69. The minimum atomic E-state index is 0.262. The van der Waals surface area contributed by atoms with Gasteiger partial charge in [0.2, 0.25) is 0 Å². The van der Waals surface area contributed by atoms with E-state index in [0.29, 0.717) is 11.7 Å². The molecule has 1 fully saturated rings. The summed E-state index contributed by atoms with van der Waals surface area (Å²) in [5.74, 6) is 2.39. The largest absolute Gasteiger partial charge is 0.497 e. The highest BCUT2D eigenvalue weighted by molar-refractivity contribution is 5.93. The molecule has 0 aromatic heterocycles. The molecule has 2 aliphatic carbocycles. The van der Waals surface area contributed by atoms with E-state index >= 15 is 0 Å². The Morgan fingerprint density at radius 3 is 2.94 bits per heavy atom. The monoisotopic (exact) mass is 216 g/mol. The SMILES string of the molecule is CCC1C(=O)C2Cc3ccc(OC)cc3C12. The molecular formula is C14H16O2. The maximum atomic E-state index is 11.9. The molecule has 0 saturated heterocycles. The molecule has 1 saturated carbocycles. The Morgan fingerprint density at radius 2 is 2.25 bits per heavy atom. The first-order valence-electron chi connectivity index (χ1n) is 5.96. The van der Waals surface area contributed by atoms with Gasteiger partial charge in [-0.2, -0.15) is 0 Å². The van der Waals surface area contributed by atoms with Crippen LogP contribution in [0.1, 0.15) is 30.4 Å². The molecule has 84 valence electrons. The van der Waals surface area contributed by atoms with Crippen LogP contribution in [0.15, 0.2) is 18.2 Å². The predicted octanol–water partition coefficient (Wildman–Crippen LogP) is 2.56. The lowest BCUT2D eigenvalue weighted by atomic mass is 9.63. The second kappa shape index (κ2) is 3.34. The van der Waals surface area contributed by atoms with Crippen LogP contribution in [0, 0.1) is 11.8 Å². The highest BCUT2D eigenvalue weighted by Gasteiger charge is 2.53. The molecule has 3 unspecified atom stereocenters. The normalized spacial score (nSPS) is 30.6. The third-order valence-electron chi connectivity index (χ3n) is 4.19. The number of hydrogen-bond acceptors (Lipinski definition) is 2. The quantitative estimate of drug-likeness (QED) is 0.759. The summed E-state index contributed by atoms with van der Waals surface area (Å²) >= 11 is 0. The molecule has 1 aromatic rings. The van der Waals surface area contributed by atoms with Crippen LogP contribution >= 0.6 is 0 Å². The number of ketones is 1. The molecule has 0 bridgehead atoms. The standard InChI is InChI=1S/C14H16O2/c1-3-10-13-11-7-9(16-2)5-4-8(11)6-12(13)14(10)15/h4-5,7,10,12-13H,3,6H2,1-2H3. The Hall–Kier alpha value is -1.31. The van der Waals surface area contributed by atoms with Gasteiger partial charge in [0.25, 0.3) is 0 Å². The van der Waals surface area contributed by atoms with Gasteiger partial charge in [0.05, 0.1) is 7.11 Å². The Labute approximate surface area is 95.6 Å². The van der Waals surface area contributed by atoms with Gasteiger partial charge in [-0.3, -0.25) is 4.79 Å². The second-order valence-electron chi connectivity index (χ2n) is 4.82. The van der Waals surface area contributed by atoms with Gasteiger partial charge in [-0.15, -0.1) is 0 Å². The summed E-state index contributed by atoms with van der Waals surface area (Å²) < 4.78 is 5.26. The van der Waals surface area contributed by atoms with Crippen LogP contribution in [-0.2, 0) is 11.2 Å². The number of carbonyl (C=O) groups is 1. The van der Waals surface area contributed by atoms with Crippen molar-refractivity contribution in [3.8, 4) is 5.75 Å². The number of ether oxygens (including phenoxy) is 1. The number of Topliss-reactive ketones (excluding diaryl/α,β-unsaturated/α-hetero) is 1. The zero-order valence-electron chi connectivity index (χ0n) is 9.69. The number of hydrogen-bond donors (Lipinski definition) is 0. The Morgan fingerprint density at radius 1 is 1.44 bits per heavy atom. The fraction of sp³-hybridized carbons (Fsp3) is 0.500. The van der Waals surface area contributed by atoms with Crippen LogP contribution in [0.25, 0.3) is 0 Å². The molecular weight excluding hydrogens is 200 g/mol. The smallest absolute Gasteiger partial charge is 0.140 e. The average Bonchev–Trinajstić information content (AvgIpc) is 2.64. The summed E-state index contributed by atoms with van der Waals surface area (Å²) in [7, 11) is 1.69. The maximum Gasteiger partial charge on any atom is 0.140 e. The van der Waals surface area contributed by atoms with Crippen LogP contribution in [0.5, 0.6) is 5.75 Å². The molecule has 2 nitrogen and oxygen atoms in total. The summed E-state index contributed by atoms with van der Waals surface area (Å²) in [6.07, 6.45) is 1.91. The van der Waals surface area contributed by atoms with E-state index in [4.69, 9.17) is 4.74 Å². The first kappa shape index (κ1) is 9.88. The van der Waals surface area contributed by atoms with Crippen LogP contribution in [0.2, 0.25) is 0 Å². The lowest BCUT2D eigenvalue weighted by Crippen LogP contribution is -2.43. The second-order valence-corrected chi connectivity index (χ2v) is 4.82. The molecule has 0 amide bonds. The summed E-state index contributed by atoms with van der Waals surface area (Å²) in [5, 5.41) is 0. The fourth-order valence-electron chi connectivity index (χ4n) is 3.34. The van der Waals surface area contributed by atoms with Crippen LogP contribution in [-0.4, -0.2) is 12.9 Å². The van der Waals surface area contributed by atoms with Crippen molar-refractivity contribution in [3.05, 3.63) is 29.3 Å². The van der Waals surface area contributed by atoms with E-state index in [9.17, 15) is 4.79 Å². The molecule has 0 N–H and O–H groups in total. The molecule has 0 spiro atoms. The van der Waals surface area contributed by atoms with Gasteiger partial charge >= 0.3 is 0 Å². The predicted molar refractivity (Wildman–Crippen MR) is 61.7 cm³/mol. The first-order valence-corrected chi connectivity index (χ1v) is 5.96. The van der Waals surface area contributed by atoms with Crippen LogP contribution < -0.4 is 4.74 Å². The van der Waals surface area contributed by atoms with Gasteiger partial charge in [-0.05, 0) is 36.1 Å². The Balaban J connectivity index is 2.01. The van der Waals surface area contributed by atoms with E-state index in [1.165, 1.54) is 11.1 Å². The van der Waals surface area contributed by atoms with E-state index in [0.717, 1.165) is 18.6 Å². The van der Waals surface area contributed by atoms with E-state index in [-0.39, 0.29) is 11.8 Å². The Bertz CT molecular complexity index is 442. The molecule has 2 heteroatoms. The fourth-order valence-corrected chi connectivity index (χ4v) is 3.34. The van der Waals surface area contributed by atoms with Gasteiger partial charge in [0.1, 0.15) is 11.5 Å². The highest BCUT2D eigenvalue weighted by Crippen LogP contribution is 2.54.